The molecule has 3 aromatic rings. The lowest BCUT2D eigenvalue weighted by molar-refractivity contribution is 0.0949. The van der Waals surface area contributed by atoms with Crippen LogP contribution >= 0.6 is 11.6 Å². The zero-order valence-corrected chi connectivity index (χ0v) is 14.9. The van der Waals surface area contributed by atoms with E-state index >= 15 is 0 Å². The summed E-state index contributed by atoms with van der Waals surface area (Å²) in [5.74, 6) is 0.360. The first-order valence-corrected chi connectivity index (χ1v) is 8.75. The van der Waals surface area contributed by atoms with Crippen LogP contribution in [-0.2, 0) is 13.0 Å². The SMILES string of the molecule is O=C(NCCc1ccccn1)c1ccccc1OCc1ccccc1Cl. The summed E-state index contributed by atoms with van der Waals surface area (Å²) in [6.45, 7) is 0.812. The number of halogens is 1. The second-order valence-corrected chi connectivity index (χ2v) is 6.11. The highest BCUT2D eigenvalue weighted by molar-refractivity contribution is 6.31. The number of amides is 1. The molecule has 1 N–H and O–H groups in total. The summed E-state index contributed by atoms with van der Waals surface area (Å²) in [5, 5.41) is 3.56. The van der Waals surface area contributed by atoms with Gasteiger partial charge in [-0.2, -0.15) is 0 Å². The highest BCUT2D eigenvalue weighted by Crippen LogP contribution is 2.22. The standard InChI is InChI=1S/C21H19ClN2O2/c22-19-10-3-1-7-16(19)15-26-20-11-4-2-9-18(20)21(25)24-14-12-17-8-5-6-13-23-17/h1-11,13H,12,14-15H2,(H,24,25). The van der Waals surface area contributed by atoms with Crippen LogP contribution in [0.4, 0.5) is 0 Å². The topological polar surface area (TPSA) is 51.2 Å². The number of carbonyl (C=O) groups excluding carboxylic acids is 1. The minimum Gasteiger partial charge on any atom is -0.488 e. The summed E-state index contributed by atoms with van der Waals surface area (Å²) < 4.78 is 5.83. The van der Waals surface area contributed by atoms with Gasteiger partial charge in [-0.25, -0.2) is 0 Å². The van der Waals surface area contributed by atoms with E-state index in [2.05, 4.69) is 10.3 Å². The number of para-hydroxylation sites is 1. The van der Waals surface area contributed by atoms with Gasteiger partial charge in [0.25, 0.3) is 5.91 Å². The van der Waals surface area contributed by atoms with Crippen molar-refractivity contribution >= 4 is 17.5 Å². The Morgan fingerprint density at radius 2 is 1.77 bits per heavy atom. The fourth-order valence-electron chi connectivity index (χ4n) is 2.50. The number of aromatic nitrogens is 1. The van der Waals surface area contributed by atoms with Gasteiger partial charge in [0.15, 0.2) is 0 Å². The van der Waals surface area contributed by atoms with E-state index < -0.39 is 0 Å². The van der Waals surface area contributed by atoms with E-state index in [4.69, 9.17) is 16.3 Å². The van der Waals surface area contributed by atoms with Gasteiger partial charge in [0.2, 0.25) is 0 Å². The molecule has 0 aliphatic heterocycles. The molecule has 0 radical (unpaired) electrons. The number of rotatable bonds is 7. The number of hydrogen-bond acceptors (Lipinski definition) is 3. The van der Waals surface area contributed by atoms with Crippen molar-refractivity contribution in [2.24, 2.45) is 0 Å². The second kappa shape index (κ2) is 9.02. The third-order valence-corrected chi connectivity index (χ3v) is 4.23. The molecule has 1 heterocycles. The Hall–Kier alpha value is -2.85. The van der Waals surface area contributed by atoms with Gasteiger partial charge in [-0.05, 0) is 30.3 Å². The maximum Gasteiger partial charge on any atom is 0.255 e. The van der Waals surface area contributed by atoms with Crippen LogP contribution in [0.2, 0.25) is 5.02 Å². The largest absolute Gasteiger partial charge is 0.488 e. The predicted octanol–water partition coefficient (Wildman–Crippen LogP) is 4.29. The Labute approximate surface area is 157 Å². The molecule has 2 aromatic carbocycles. The van der Waals surface area contributed by atoms with Gasteiger partial charge in [-0.1, -0.05) is 48.0 Å². The van der Waals surface area contributed by atoms with Crippen molar-refractivity contribution in [2.45, 2.75) is 13.0 Å². The van der Waals surface area contributed by atoms with Crippen molar-refractivity contribution in [3.05, 3.63) is 94.8 Å². The fourth-order valence-corrected chi connectivity index (χ4v) is 2.69. The molecule has 0 aliphatic rings. The van der Waals surface area contributed by atoms with Gasteiger partial charge in [0.1, 0.15) is 12.4 Å². The average Bonchev–Trinajstić information content (AvgIpc) is 2.68. The van der Waals surface area contributed by atoms with Crippen LogP contribution in [0.1, 0.15) is 21.6 Å². The molecule has 0 aliphatic carbocycles. The van der Waals surface area contributed by atoms with Crippen LogP contribution < -0.4 is 10.1 Å². The first-order valence-electron chi connectivity index (χ1n) is 8.37. The van der Waals surface area contributed by atoms with Crippen LogP contribution in [0, 0.1) is 0 Å². The van der Waals surface area contributed by atoms with Crippen molar-refractivity contribution in [3.63, 3.8) is 0 Å². The number of pyridine rings is 1. The molecule has 0 atom stereocenters. The number of nitrogens with one attached hydrogen (secondary N) is 1. The van der Waals surface area contributed by atoms with Gasteiger partial charge in [0.05, 0.1) is 5.56 Å². The third kappa shape index (κ3) is 4.83. The summed E-state index contributed by atoms with van der Waals surface area (Å²) >= 11 is 6.15. The molecule has 0 spiro atoms. The lowest BCUT2D eigenvalue weighted by Gasteiger charge is -2.12. The molecular formula is C21H19ClN2O2. The lowest BCUT2D eigenvalue weighted by Crippen LogP contribution is -2.26. The number of hydrogen-bond donors (Lipinski definition) is 1. The minimum atomic E-state index is -0.171. The van der Waals surface area contributed by atoms with Crippen LogP contribution in [0.5, 0.6) is 5.75 Å². The van der Waals surface area contributed by atoms with E-state index in [0.29, 0.717) is 35.9 Å². The van der Waals surface area contributed by atoms with Crippen molar-refractivity contribution < 1.29 is 9.53 Å². The molecule has 132 valence electrons. The molecule has 1 amide bonds. The van der Waals surface area contributed by atoms with E-state index in [-0.39, 0.29) is 5.91 Å². The summed E-state index contributed by atoms with van der Waals surface area (Å²) in [6.07, 6.45) is 2.42. The van der Waals surface area contributed by atoms with E-state index in [9.17, 15) is 4.79 Å². The third-order valence-electron chi connectivity index (χ3n) is 3.87. The summed E-state index contributed by atoms with van der Waals surface area (Å²) in [4.78, 5) is 16.7. The fraction of sp³-hybridized carbons (Fsp3) is 0.143. The Balaban J connectivity index is 1.61. The lowest BCUT2D eigenvalue weighted by atomic mass is 10.1. The van der Waals surface area contributed by atoms with Crippen LogP contribution in [0.25, 0.3) is 0 Å². The molecular weight excluding hydrogens is 348 g/mol. The molecule has 1 aromatic heterocycles. The number of benzene rings is 2. The van der Waals surface area contributed by atoms with E-state index in [1.54, 1.807) is 18.3 Å². The maximum atomic E-state index is 12.5. The van der Waals surface area contributed by atoms with Gasteiger partial charge >= 0.3 is 0 Å². The molecule has 0 saturated carbocycles. The Kier molecular flexibility index (Phi) is 6.23. The Morgan fingerprint density at radius 3 is 2.58 bits per heavy atom. The van der Waals surface area contributed by atoms with Crippen LogP contribution in [0.15, 0.2) is 72.9 Å². The van der Waals surface area contributed by atoms with Crippen molar-refractivity contribution in [3.8, 4) is 5.75 Å². The van der Waals surface area contributed by atoms with Gasteiger partial charge in [0, 0.05) is 35.4 Å². The van der Waals surface area contributed by atoms with E-state index in [1.807, 2.05) is 54.6 Å². The summed E-state index contributed by atoms with van der Waals surface area (Å²) in [7, 11) is 0. The van der Waals surface area contributed by atoms with Gasteiger partial charge in [-0.3, -0.25) is 9.78 Å². The smallest absolute Gasteiger partial charge is 0.255 e. The molecule has 4 nitrogen and oxygen atoms in total. The quantitative estimate of drug-likeness (QED) is 0.678. The van der Waals surface area contributed by atoms with Crippen molar-refractivity contribution in [1.82, 2.24) is 10.3 Å². The maximum absolute atomic E-state index is 12.5. The summed E-state index contributed by atoms with van der Waals surface area (Å²) in [6, 6.07) is 20.4. The van der Waals surface area contributed by atoms with E-state index in [1.165, 1.54) is 0 Å². The molecule has 0 saturated heterocycles. The van der Waals surface area contributed by atoms with Gasteiger partial charge < -0.3 is 10.1 Å². The van der Waals surface area contributed by atoms with Crippen LogP contribution in [0.3, 0.4) is 0 Å². The Bertz CT molecular complexity index is 869. The number of ether oxygens (including phenoxy) is 1. The monoisotopic (exact) mass is 366 g/mol. The zero-order chi connectivity index (χ0) is 18.2. The minimum absolute atomic E-state index is 0.171. The van der Waals surface area contributed by atoms with Gasteiger partial charge in [-0.15, -0.1) is 0 Å². The molecule has 3 rings (SSSR count). The Morgan fingerprint density at radius 1 is 1.00 bits per heavy atom. The van der Waals surface area contributed by atoms with Crippen LogP contribution in [-0.4, -0.2) is 17.4 Å². The molecule has 0 unspecified atom stereocenters. The zero-order valence-electron chi connectivity index (χ0n) is 14.2. The van der Waals surface area contributed by atoms with E-state index in [0.717, 1.165) is 11.3 Å². The second-order valence-electron chi connectivity index (χ2n) is 5.70. The molecule has 5 heteroatoms. The predicted molar refractivity (Wildman–Crippen MR) is 103 cm³/mol. The summed E-state index contributed by atoms with van der Waals surface area (Å²) in [5.41, 5.74) is 2.32. The highest BCUT2D eigenvalue weighted by Gasteiger charge is 2.12. The number of nitrogens with zero attached hydrogens (tertiary/aromatic N) is 1. The van der Waals surface area contributed by atoms with Crippen molar-refractivity contribution in [2.75, 3.05) is 6.54 Å². The average molecular weight is 367 g/mol. The number of carbonyl (C=O) groups is 1. The molecule has 0 bridgehead atoms. The molecule has 26 heavy (non-hydrogen) atoms. The first kappa shape index (κ1) is 18.0. The first-order chi connectivity index (χ1) is 12.7. The molecule has 0 fully saturated rings. The highest BCUT2D eigenvalue weighted by atomic mass is 35.5. The van der Waals surface area contributed by atoms with Crippen molar-refractivity contribution in [1.29, 1.82) is 0 Å². The normalized spacial score (nSPS) is 10.3.